The molecule has 0 bridgehead atoms. The number of thioether (sulfide) groups is 1. The molecule has 0 radical (unpaired) electrons. The van der Waals surface area contributed by atoms with E-state index in [-0.39, 0.29) is 0 Å². The summed E-state index contributed by atoms with van der Waals surface area (Å²) in [5.41, 5.74) is 1.47. The van der Waals surface area contributed by atoms with Gasteiger partial charge >= 0.3 is 0 Å². The quantitative estimate of drug-likeness (QED) is 0.511. The number of hydrogen-bond acceptors (Lipinski definition) is 1. The van der Waals surface area contributed by atoms with E-state index in [4.69, 9.17) is 0 Å². The summed E-state index contributed by atoms with van der Waals surface area (Å²) in [6.07, 6.45) is 4.58. The van der Waals surface area contributed by atoms with E-state index in [0.29, 0.717) is 0 Å². The first kappa shape index (κ1) is 9.83. The van der Waals surface area contributed by atoms with Crippen molar-refractivity contribution in [3.8, 4) is 0 Å². The fourth-order valence-corrected chi connectivity index (χ4v) is 1.11. The van der Waals surface area contributed by atoms with Crippen molar-refractivity contribution in [2.24, 2.45) is 0 Å². The van der Waals surface area contributed by atoms with E-state index < -0.39 is 0 Å². The zero-order chi connectivity index (χ0) is 7.82. The zero-order valence-corrected chi connectivity index (χ0v) is 7.87. The predicted molar refractivity (Wildman–Crippen MR) is 51.1 cm³/mol. The molecule has 1 rings (SSSR count). The van der Waals surface area contributed by atoms with Gasteiger partial charge in [0.15, 0.2) is 0 Å². The molecule has 1 aliphatic rings. The maximum Gasteiger partial charge on any atom is -0.0125 e. The highest BCUT2D eigenvalue weighted by atomic mass is 32.2. The Labute approximate surface area is 68.4 Å². The van der Waals surface area contributed by atoms with E-state index in [2.05, 4.69) is 37.7 Å². The van der Waals surface area contributed by atoms with E-state index in [1.807, 2.05) is 0 Å². The minimum absolute atomic E-state index is 1.15. The lowest BCUT2D eigenvalue weighted by Gasteiger charge is -1.97. The summed E-state index contributed by atoms with van der Waals surface area (Å²) < 4.78 is 0. The van der Waals surface area contributed by atoms with Crippen LogP contribution in [-0.2, 0) is 0 Å². The van der Waals surface area contributed by atoms with E-state index in [1.165, 1.54) is 12.0 Å². The Kier molecular flexibility index (Phi) is 6.83. The van der Waals surface area contributed by atoms with Gasteiger partial charge in [0, 0.05) is 0 Å². The smallest absolute Gasteiger partial charge is 0.0125 e. The third-order valence-electron chi connectivity index (χ3n) is 0.884. The fourth-order valence-electron chi connectivity index (χ4n) is 0.493. The standard InChI is InChI=1S/C6H8S.C3H8/c1-6-3-2-4-7-5-6;1-3-2/h2,4-5H,3H2,1H3;3H2,1-2H3. The summed E-state index contributed by atoms with van der Waals surface area (Å²) >= 11 is 1.76. The van der Waals surface area contributed by atoms with E-state index in [0.717, 1.165) is 6.42 Å². The maximum atomic E-state index is 2.18. The number of allylic oxidation sites excluding steroid dienone is 2. The van der Waals surface area contributed by atoms with Crippen LogP contribution in [-0.4, -0.2) is 0 Å². The molecule has 0 saturated carbocycles. The van der Waals surface area contributed by atoms with Crippen molar-refractivity contribution in [3.63, 3.8) is 0 Å². The van der Waals surface area contributed by atoms with Crippen LogP contribution < -0.4 is 0 Å². The lowest BCUT2D eigenvalue weighted by Crippen LogP contribution is -1.72. The van der Waals surface area contributed by atoms with Gasteiger partial charge in [-0.25, -0.2) is 0 Å². The van der Waals surface area contributed by atoms with Gasteiger partial charge in [0.2, 0.25) is 0 Å². The highest BCUT2D eigenvalue weighted by Gasteiger charge is 1.87. The second-order valence-electron chi connectivity index (χ2n) is 2.38. The van der Waals surface area contributed by atoms with Crippen molar-refractivity contribution in [1.29, 1.82) is 0 Å². The first-order valence-electron chi connectivity index (χ1n) is 3.77. The van der Waals surface area contributed by atoms with Crippen LogP contribution in [0.4, 0.5) is 0 Å². The molecule has 0 saturated heterocycles. The molecule has 1 heterocycles. The summed E-state index contributed by atoms with van der Waals surface area (Å²) in [6.45, 7) is 6.40. The van der Waals surface area contributed by atoms with Crippen molar-refractivity contribution in [1.82, 2.24) is 0 Å². The molecular weight excluding hydrogens is 140 g/mol. The minimum atomic E-state index is 1.15. The molecular formula is C9H16S. The molecule has 0 amide bonds. The first-order valence-corrected chi connectivity index (χ1v) is 4.71. The van der Waals surface area contributed by atoms with Crippen molar-refractivity contribution >= 4 is 11.8 Å². The van der Waals surface area contributed by atoms with Gasteiger partial charge in [0.25, 0.3) is 0 Å². The van der Waals surface area contributed by atoms with E-state index in [1.54, 1.807) is 11.8 Å². The molecule has 0 nitrogen and oxygen atoms in total. The maximum absolute atomic E-state index is 2.18. The van der Waals surface area contributed by atoms with Crippen LogP contribution in [0.5, 0.6) is 0 Å². The molecule has 0 atom stereocenters. The molecule has 1 heteroatoms. The monoisotopic (exact) mass is 156 g/mol. The molecule has 10 heavy (non-hydrogen) atoms. The van der Waals surface area contributed by atoms with Gasteiger partial charge in [0.1, 0.15) is 0 Å². The number of rotatable bonds is 0. The molecule has 0 aromatic heterocycles. The van der Waals surface area contributed by atoms with Crippen LogP contribution in [0.3, 0.4) is 0 Å². The molecule has 0 unspecified atom stereocenters. The van der Waals surface area contributed by atoms with Gasteiger partial charge in [-0.2, -0.15) is 0 Å². The van der Waals surface area contributed by atoms with Gasteiger partial charge in [0.05, 0.1) is 0 Å². The molecule has 0 aromatic rings. The third-order valence-corrected chi connectivity index (χ3v) is 1.77. The predicted octanol–water partition coefficient (Wildman–Crippen LogP) is 3.96. The first-order chi connectivity index (χ1) is 4.81. The van der Waals surface area contributed by atoms with Gasteiger partial charge in [-0.05, 0) is 24.2 Å². The lowest BCUT2D eigenvalue weighted by atomic mass is 10.2. The van der Waals surface area contributed by atoms with Crippen molar-refractivity contribution in [2.75, 3.05) is 0 Å². The Hall–Kier alpha value is -0.170. The van der Waals surface area contributed by atoms with Gasteiger partial charge in [-0.15, -0.1) is 11.8 Å². The average molecular weight is 156 g/mol. The van der Waals surface area contributed by atoms with Crippen LogP contribution in [0.25, 0.3) is 0 Å². The van der Waals surface area contributed by atoms with Crippen LogP contribution in [0.2, 0.25) is 0 Å². The summed E-state index contributed by atoms with van der Waals surface area (Å²) in [5.74, 6) is 0. The molecule has 0 aliphatic carbocycles. The second-order valence-corrected chi connectivity index (χ2v) is 3.16. The zero-order valence-electron chi connectivity index (χ0n) is 7.05. The Bertz CT molecular complexity index is 123. The molecule has 1 aliphatic heterocycles. The van der Waals surface area contributed by atoms with Crippen molar-refractivity contribution in [2.45, 2.75) is 33.6 Å². The molecule has 0 aromatic carbocycles. The molecule has 0 fully saturated rings. The fraction of sp³-hybridized carbons (Fsp3) is 0.556. The summed E-state index contributed by atoms with van der Waals surface area (Å²) in [5, 5.41) is 4.30. The van der Waals surface area contributed by atoms with Crippen LogP contribution in [0, 0.1) is 0 Å². The Morgan fingerprint density at radius 2 is 2.10 bits per heavy atom. The molecule has 58 valence electrons. The lowest BCUT2D eigenvalue weighted by molar-refractivity contribution is 1.09. The summed E-state index contributed by atoms with van der Waals surface area (Å²) in [4.78, 5) is 0. The Morgan fingerprint density at radius 1 is 1.50 bits per heavy atom. The normalized spacial score (nSPS) is 15.3. The largest absolute Gasteiger partial charge is 0.106 e. The third kappa shape index (κ3) is 5.96. The summed E-state index contributed by atoms with van der Waals surface area (Å²) in [7, 11) is 0. The number of hydrogen-bond donors (Lipinski definition) is 0. The second kappa shape index (κ2) is 6.94. The van der Waals surface area contributed by atoms with Crippen LogP contribution >= 0.6 is 11.8 Å². The van der Waals surface area contributed by atoms with E-state index >= 15 is 0 Å². The molecule has 0 N–H and O–H groups in total. The molecule has 0 spiro atoms. The topological polar surface area (TPSA) is 0 Å². The van der Waals surface area contributed by atoms with Crippen LogP contribution in [0.1, 0.15) is 33.6 Å². The van der Waals surface area contributed by atoms with E-state index in [9.17, 15) is 0 Å². The van der Waals surface area contributed by atoms with Gasteiger partial charge in [-0.3, -0.25) is 0 Å². The van der Waals surface area contributed by atoms with Crippen molar-refractivity contribution < 1.29 is 0 Å². The highest BCUT2D eigenvalue weighted by molar-refractivity contribution is 8.04. The Balaban J connectivity index is 0.000000236. The van der Waals surface area contributed by atoms with Crippen molar-refractivity contribution in [3.05, 3.63) is 22.5 Å². The highest BCUT2D eigenvalue weighted by Crippen LogP contribution is 2.17. The van der Waals surface area contributed by atoms with Crippen LogP contribution in [0.15, 0.2) is 22.5 Å². The average Bonchev–Trinajstić information content (AvgIpc) is 1.91. The van der Waals surface area contributed by atoms with Gasteiger partial charge < -0.3 is 0 Å². The summed E-state index contributed by atoms with van der Waals surface area (Å²) in [6, 6.07) is 0. The minimum Gasteiger partial charge on any atom is -0.106 e. The Morgan fingerprint density at radius 3 is 2.30 bits per heavy atom. The SMILES string of the molecule is CC1=CSC=CC1.CCC. The van der Waals surface area contributed by atoms with Gasteiger partial charge in [-0.1, -0.05) is 31.9 Å².